The summed E-state index contributed by atoms with van der Waals surface area (Å²) in [6.07, 6.45) is 1.34. The standard InChI is InChI=1S/C13H10BrClN2O3/c1-19-12(18)13(4-5-13)11-16-10(17-20-11)7-2-3-9(15)8(14)6-7/h2-3,6H,4-5H2,1H3. The van der Waals surface area contributed by atoms with Crippen molar-refractivity contribution < 1.29 is 14.1 Å². The number of benzene rings is 1. The Kier molecular flexibility index (Phi) is 3.30. The summed E-state index contributed by atoms with van der Waals surface area (Å²) >= 11 is 9.29. The summed E-state index contributed by atoms with van der Waals surface area (Å²) in [5.41, 5.74) is 0.0147. The molecule has 1 aliphatic rings. The first-order chi connectivity index (χ1) is 9.56. The summed E-state index contributed by atoms with van der Waals surface area (Å²) in [7, 11) is 1.36. The molecule has 0 unspecified atom stereocenters. The van der Waals surface area contributed by atoms with Crippen LogP contribution in [0.4, 0.5) is 0 Å². The van der Waals surface area contributed by atoms with Crippen LogP contribution in [-0.4, -0.2) is 23.2 Å². The fourth-order valence-corrected chi connectivity index (χ4v) is 2.49. The second-order valence-corrected chi connectivity index (χ2v) is 5.89. The Bertz CT molecular complexity index is 682. The summed E-state index contributed by atoms with van der Waals surface area (Å²) in [6.45, 7) is 0. The average Bonchev–Trinajstić information content (AvgIpc) is 3.11. The minimum Gasteiger partial charge on any atom is -0.468 e. The zero-order chi connectivity index (χ0) is 14.3. The number of aromatic nitrogens is 2. The lowest BCUT2D eigenvalue weighted by Crippen LogP contribution is -2.22. The fourth-order valence-electron chi connectivity index (χ4n) is 2.00. The first kappa shape index (κ1) is 13.6. The first-order valence-electron chi connectivity index (χ1n) is 5.95. The maximum absolute atomic E-state index is 11.8. The highest BCUT2D eigenvalue weighted by Crippen LogP contribution is 2.48. The summed E-state index contributed by atoms with van der Waals surface area (Å²) in [5, 5.41) is 4.52. The van der Waals surface area contributed by atoms with Gasteiger partial charge in [-0.2, -0.15) is 4.98 Å². The van der Waals surface area contributed by atoms with Gasteiger partial charge in [0.05, 0.1) is 12.1 Å². The maximum Gasteiger partial charge on any atom is 0.321 e. The molecule has 1 aromatic heterocycles. The number of methoxy groups -OCH3 is 1. The molecule has 0 saturated heterocycles. The number of carbonyl (C=O) groups is 1. The van der Waals surface area contributed by atoms with Gasteiger partial charge in [0.2, 0.25) is 11.7 Å². The first-order valence-corrected chi connectivity index (χ1v) is 7.12. The Morgan fingerprint density at radius 2 is 2.25 bits per heavy atom. The van der Waals surface area contributed by atoms with E-state index in [1.54, 1.807) is 18.2 Å². The molecule has 3 rings (SSSR count). The van der Waals surface area contributed by atoms with Crippen LogP contribution in [0.15, 0.2) is 27.2 Å². The molecular formula is C13H10BrClN2O3. The predicted molar refractivity (Wildman–Crippen MR) is 75.4 cm³/mol. The van der Waals surface area contributed by atoms with Gasteiger partial charge in [-0.05, 0) is 47.0 Å². The molecule has 20 heavy (non-hydrogen) atoms. The van der Waals surface area contributed by atoms with E-state index in [0.717, 1.165) is 10.0 Å². The third-order valence-electron chi connectivity index (χ3n) is 3.34. The third-order valence-corrected chi connectivity index (χ3v) is 4.55. The number of ether oxygens (including phenoxy) is 1. The van der Waals surface area contributed by atoms with Crippen molar-refractivity contribution in [3.63, 3.8) is 0 Å². The number of esters is 1. The molecule has 0 N–H and O–H groups in total. The molecule has 5 nitrogen and oxygen atoms in total. The number of hydrogen-bond donors (Lipinski definition) is 0. The predicted octanol–water partition coefficient (Wildman–Crippen LogP) is 3.36. The molecule has 0 amide bonds. The second kappa shape index (κ2) is 4.86. The molecule has 7 heteroatoms. The van der Waals surface area contributed by atoms with Gasteiger partial charge in [-0.15, -0.1) is 0 Å². The van der Waals surface area contributed by atoms with E-state index in [2.05, 4.69) is 26.1 Å². The van der Waals surface area contributed by atoms with Gasteiger partial charge in [-0.1, -0.05) is 16.8 Å². The Morgan fingerprint density at radius 3 is 2.85 bits per heavy atom. The minimum atomic E-state index is -0.746. The topological polar surface area (TPSA) is 65.2 Å². The SMILES string of the molecule is COC(=O)C1(c2nc(-c3ccc(Cl)c(Br)c3)no2)CC1. The van der Waals surface area contributed by atoms with Gasteiger partial charge in [0.15, 0.2) is 0 Å². The maximum atomic E-state index is 11.8. The highest BCUT2D eigenvalue weighted by Gasteiger charge is 2.57. The van der Waals surface area contributed by atoms with E-state index < -0.39 is 5.41 Å². The molecule has 1 aliphatic carbocycles. The van der Waals surface area contributed by atoms with Crippen molar-refractivity contribution in [2.24, 2.45) is 0 Å². The lowest BCUT2D eigenvalue weighted by Gasteiger charge is -2.05. The quantitative estimate of drug-likeness (QED) is 0.788. The largest absolute Gasteiger partial charge is 0.468 e. The van der Waals surface area contributed by atoms with E-state index in [1.807, 2.05) is 0 Å². The number of carbonyl (C=O) groups excluding carboxylic acids is 1. The van der Waals surface area contributed by atoms with Crippen molar-refractivity contribution in [1.29, 1.82) is 0 Å². The van der Waals surface area contributed by atoms with Crippen LogP contribution in [0.2, 0.25) is 5.02 Å². The van der Waals surface area contributed by atoms with Gasteiger partial charge in [0.25, 0.3) is 0 Å². The van der Waals surface area contributed by atoms with Gasteiger partial charge in [-0.3, -0.25) is 4.79 Å². The fraction of sp³-hybridized carbons (Fsp3) is 0.308. The van der Waals surface area contributed by atoms with E-state index in [9.17, 15) is 4.79 Å². The molecule has 1 heterocycles. The molecule has 0 atom stereocenters. The van der Waals surface area contributed by atoms with Crippen molar-refractivity contribution in [3.8, 4) is 11.4 Å². The Balaban J connectivity index is 1.94. The van der Waals surface area contributed by atoms with Crippen molar-refractivity contribution in [3.05, 3.63) is 33.6 Å². The number of hydrogen-bond acceptors (Lipinski definition) is 5. The molecule has 104 valence electrons. The molecule has 2 aromatic rings. The van der Waals surface area contributed by atoms with Crippen LogP contribution >= 0.6 is 27.5 Å². The van der Waals surface area contributed by atoms with Gasteiger partial charge in [0.1, 0.15) is 5.41 Å². The van der Waals surface area contributed by atoms with Crippen LogP contribution in [0.1, 0.15) is 18.7 Å². The van der Waals surface area contributed by atoms with Gasteiger partial charge in [0, 0.05) is 10.0 Å². The van der Waals surface area contributed by atoms with Crippen LogP contribution in [0.3, 0.4) is 0 Å². The van der Waals surface area contributed by atoms with E-state index in [-0.39, 0.29) is 5.97 Å². The van der Waals surface area contributed by atoms with E-state index in [1.165, 1.54) is 7.11 Å². The summed E-state index contributed by atoms with van der Waals surface area (Å²) in [4.78, 5) is 16.1. The monoisotopic (exact) mass is 356 g/mol. The van der Waals surface area contributed by atoms with Crippen LogP contribution in [0, 0.1) is 0 Å². The minimum absolute atomic E-state index is 0.311. The molecule has 0 spiro atoms. The molecule has 1 aromatic carbocycles. The summed E-state index contributed by atoms with van der Waals surface area (Å²) in [5.74, 6) is 0.406. The molecule has 0 bridgehead atoms. The Morgan fingerprint density at radius 1 is 1.50 bits per heavy atom. The van der Waals surface area contributed by atoms with Crippen molar-refractivity contribution >= 4 is 33.5 Å². The van der Waals surface area contributed by atoms with Crippen LogP contribution < -0.4 is 0 Å². The van der Waals surface area contributed by atoms with E-state index >= 15 is 0 Å². The van der Waals surface area contributed by atoms with Gasteiger partial charge in [-0.25, -0.2) is 0 Å². The normalized spacial score (nSPS) is 15.9. The molecule has 0 radical (unpaired) electrons. The van der Waals surface area contributed by atoms with Gasteiger partial charge < -0.3 is 9.26 Å². The summed E-state index contributed by atoms with van der Waals surface area (Å²) in [6, 6.07) is 5.33. The van der Waals surface area contributed by atoms with E-state index in [4.69, 9.17) is 20.9 Å². The number of nitrogens with zero attached hydrogens (tertiary/aromatic N) is 2. The number of rotatable bonds is 3. The molecular weight excluding hydrogens is 348 g/mol. The van der Waals surface area contributed by atoms with Crippen molar-refractivity contribution in [2.45, 2.75) is 18.3 Å². The zero-order valence-corrected chi connectivity index (χ0v) is 12.9. The smallest absolute Gasteiger partial charge is 0.321 e. The van der Waals surface area contributed by atoms with E-state index in [0.29, 0.717) is 29.6 Å². The number of halogens is 2. The zero-order valence-electron chi connectivity index (χ0n) is 10.5. The average molecular weight is 358 g/mol. The summed E-state index contributed by atoms with van der Waals surface area (Å²) < 4.78 is 10.8. The van der Waals surface area contributed by atoms with Crippen LogP contribution in [-0.2, 0) is 14.9 Å². The molecule has 1 fully saturated rings. The molecule has 0 aliphatic heterocycles. The van der Waals surface area contributed by atoms with Crippen molar-refractivity contribution in [2.75, 3.05) is 7.11 Å². The van der Waals surface area contributed by atoms with Crippen LogP contribution in [0.5, 0.6) is 0 Å². The lowest BCUT2D eigenvalue weighted by atomic mass is 10.1. The lowest BCUT2D eigenvalue weighted by molar-refractivity contribution is -0.144. The second-order valence-electron chi connectivity index (χ2n) is 4.63. The Labute approximate surface area is 128 Å². The third kappa shape index (κ3) is 2.13. The highest BCUT2D eigenvalue weighted by molar-refractivity contribution is 9.10. The Hall–Kier alpha value is -1.40. The highest BCUT2D eigenvalue weighted by atomic mass is 79.9. The van der Waals surface area contributed by atoms with Crippen molar-refractivity contribution in [1.82, 2.24) is 10.1 Å². The van der Waals surface area contributed by atoms with Gasteiger partial charge >= 0.3 is 5.97 Å². The molecule has 1 saturated carbocycles. The van der Waals surface area contributed by atoms with Crippen LogP contribution in [0.25, 0.3) is 11.4 Å².